The van der Waals surface area contributed by atoms with Crippen molar-refractivity contribution in [3.8, 4) is 0 Å². The molecule has 0 heterocycles. The Bertz CT molecular complexity index is 973. The van der Waals surface area contributed by atoms with Gasteiger partial charge < -0.3 is 21.5 Å². The second-order valence-corrected chi connectivity index (χ2v) is 8.97. The minimum Gasteiger partial charge on any atom is -0.398 e. The zero-order valence-corrected chi connectivity index (χ0v) is 19.3. The molecule has 0 aromatic heterocycles. The molecule has 0 bridgehead atoms. The second-order valence-electron chi connectivity index (χ2n) is 8.09. The van der Waals surface area contributed by atoms with E-state index >= 15 is 0 Å². The summed E-state index contributed by atoms with van der Waals surface area (Å²) in [6, 6.07) is 23.4. The first-order valence-corrected chi connectivity index (χ1v) is 11.7. The van der Waals surface area contributed by atoms with Gasteiger partial charge >= 0.3 is 0 Å². The van der Waals surface area contributed by atoms with E-state index in [1.807, 2.05) is 6.07 Å². The van der Waals surface area contributed by atoms with Crippen molar-refractivity contribution in [1.82, 2.24) is 5.32 Å². The van der Waals surface area contributed by atoms with Crippen LogP contribution in [0.25, 0.3) is 0 Å². The summed E-state index contributed by atoms with van der Waals surface area (Å²) in [5.41, 5.74) is 18.6. The Balaban J connectivity index is 1.41. The maximum absolute atomic E-state index is 6.04. The van der Waals surface area contributed by atoms with Crippen molar-refractivity contribution in [2.75, 3.05) is 23.5 Å². The van der Waals surface area contributed by atoms with E-state index in [0.717, 1.165) is 42.9 Å². The fourth-order valence-corrected chi connectivity index (χ4v) is 4.30. The Kier molecular flexibility index (Phi) is 8.83. The predicted octanol–water partition coefficient (Wildman–Crippen LogP) is 5.48. The Morgan fingerprint density at radius 1 is 1.00 bits per heavy atom. The molecule has 3 aromatic carbocycles. The molecule has 0 fully saturated rings. The third kappa shape index (κ3) is 7.31. The Morgan fingerprint density at radius 3 is 2.61 bits per heavy atom. The zero-order chi connectivity index (χ0) is 22.1. The number of nitrogens with one attached hydrogen (secondary N) is 2. The molecule has 164 valence electrons. The van der Waals surface area contributed by atoms with Gasteiger partial charge in [-0.05, 0) is 96.8 Å². The average Bonchev–Trinajstić information content (AvgIpc) is 2.78. The number of aryl methyl sites for hydroxylation is 2. The van der Waals surface area contributed by atoms with E-state index < -0.39 is 0 Å². The van der Waals surface area contributed by atoms with Gasteiger partial charge in [-0.1, -0.05) is 43.3 Å². The van der Waals surface area contributed by atoms with Gasteiger partial charge in [0.2, 0.25) is 0 Å². The molecule has 3 rings (SSSR count). The first kappa shape index (κ1) is 23.2. The number of benzene rings is 3. The molecule has 6 N–H and O–H groups in total. The van der Waals surface area contributed by atoms with Gasteiger partial charge in [0.1, 0.15) is 0 Å². The lowest BCUT2D eigenvalue weighted by Gasteiger charge is -2.15. The second kappa shape index (κ2) is 11.8. The Morgan fingerprint density at radius 2 is 1.84 bits per heavy atom. The molecule has 5 heteroatoms. The molecule has 0 aliphatic carbocycles. The number of rotatable bonds is 11. The summed E-state index contributed by atoms with van der Waals surface area (Å²) in [6.07, 6.45) is 2.11. The van der Waals surface area contributed by atoms with Crippen molar-refractivity contribution < 1.29 is 0 Å². The van der Waals surface area contributed by atoms with Crippen LogP contribution in [-0.2, 0) is 13.0 Å². The Hall–Kier alpha value is -2.47. The monoisotopic (exact) mass is 434 g/mol. The number of hydrogen-bond acceptors (Lipinski definition) is 5. The largest absolute Gasteiger partial charge is 0.398 e. The predicted molar refractivity (Wildman–Crippen MR) is 135 cm³/mol. The van der Waals surface area contributed by atoms with Gasteiger partial charge in [-0.3, -0.25) is 0 Å². The first-order chi connectivity index (χ1) is 15.0. The van der Waals surface area contributed by atoms with Crippen LogP contribution in [0.2, 0.25) is 0 Å². The average molecular weight is 435 g/mol. The van der Waals surface area contributed by atoms with Gasteiger partial charge in [0.05, 0.1) is 0 Å². The van der Waals surface area contributed by atoms with Crippen molar-refractivity contribution in [3.63, 3.8) is 0 Å². The number of anilines is 2. The van der Waals surface area contributed by atoms with E-state index in [-0.39, 0.29) is 0 Å². The fourth-order valence-electron chi connectivity index (χ4n) is 3.55. The molecular weight excluding hydrogens is 400 g/mol. The lowest BCUT2D eigenvalue weighted by atomic mass is 10.0. The molecule has 31 heavy (non-hydrogen) atoms. The molecule has 3 aromatic rings. The highest BCUT2D eigenvalue weighted by Crippen LogP contribution is 2.25. The molecule has 0 saturated carbocycles. The van der Waals surface area contributed by atoms with E-state index in [2.05, 4.69) is 84.6 Å². The van der Waals surface area contributed by atoms with Crippen LogP contribution in [0.1, 0.15) is 41.5 Å². The SMILES string of the molecule is Cc1cccc(SNc2cccc(C(C)CNCCCc3ccc(CN)c(N)c3)c2)c1. The summed E-state index contributed by atoms with van der Waals surface area (Å²) >= 11 is 1.65. The zero-order valence-electron chi connectivity index (χ0n) is 18.5. The van der Waals surface area contributed by atoms with Crippen LogP contribution in [-0.4, -0.2) is 13.1 Å². The lowest BCUT2D eigenvalue weighted by molar-refractivity contribution is 0.596. The normalized spacial score (nSPS) is 12.0. The van der Waals surface area contributed by atoms with E-state index in [1.165, 1.54) is 21.6 Å². The third-order valence-corrected chi connectivity index (χ3v) is 6.26. The first-order valence-electron chi connectivity index (χ1n) is 10.9. The highest BCUT2D eigenvalue weighted by molar-refractivity contribution is 8.00. The molecule has 0 aliphatic heterocycles. The number of nitrogens with two attached hydrogens (primary N) is 2. The molecule has 0 aliphatic rings. The van der Waals surface area contributed by atoms with Gasteiger partial charge in [-0.15, -0.1) is 0 Å². The van der Waals surface area contributed by atoms with Gasteiger partial charge in [-0.25, -0.2) is 0 Å². The van der Waals surface area contributed by atoms with Crippen molar-refractivity contribution in [1.29, 1.82) is 0 Å². The van der Waals surface area contributed by atoms with Crippen LogP contribution in [0, 0.1) is 6.92 Å². The Labute approximate surface area is 191 Å². The molecule has 0 saturated heterocycles. The molecule has 4 nitrogen and oxygen atoms in total. The van der Waals surface area contributed by atoms with Crippen molar-refractivity contribution in [2.24, 2.45) is 5.73 Å². The van der Waals surface area contributed by atoms with E-state index in [9.17, 15) is 0 Å². The highest BCUT2D eigenvalue weighted by atomic mass is 32.2. The van der Waals surface area contributed by atoms with Gasteiger partial charge in [-0.2, -0.15) is 0 Å². The van der Waals surface area contributed by atoms with E-state index in [4.69, 9.17) is 11.5 Å². The molecule has 1 unspecified atom stereocenters. The lowest BCUT2D eigenvalue weighted by Crippen LogP contribution is -2.21. The molecule has 0 spiro atoms. The topological polar surface area (TPSA) is 76.1 Å². The van der Waals surface area contributed by atoms with Crippen LogP contribution < -0.4 is 21.5 Å². The van der Waals surface area contributed by atoms with Crippen molar-refractivity contribution in [3.05, 3.63) is 89.0 Å². The van der Waals surface area contributed by atoms with E-state index in [1.54, 1.807) is 11.9 Å². The van der Waals surface area contributed by atoms with E-state index in [0.29, 0.717) is 12.5 Å². The smallest absolute Gasteiger partial charge is 0.0446 e. The van der Waals surface area contributed by atoms with Crippen LogP contribution in [0.4, 0.5) is 11.4 Å². The standard InChI is InChI=1S/C26H34N4S/c1-19-6-3-10-25(14-19)31-30-24-9-4-8-22(16-24)20(2)18-29-13-5-7-21-11-12-23(17-27)26(28)15-21/h3-4,6,8-12,14-16,20,29-30H,5,7,13,17-18,27-28H2,1-2H3. The third-order valence-electron chi connectivity index (χ3n) is 5.43. The summed E-state index contributed by atoms with van der Waals surface area (Å²) in [5.74, 6) is 0.449. The van der Waals surface area contributed by atoms with Gasteiger partial charge in [0.15, 0.2) is 0 Å². The summed E-state index contributed by atoms with van der Waals surface area (Å²) in [6.45, 7) is 6.83. The van der Waals surface area contributed by atoms with Crippen LogP contribution in [0.3, 0.4) is 0 Å². The highest BCUT2D eigenvalue weighted by Gasteiger charge is 2.07. The van der Waals surface area contributed by atoms with Crippen LogP contribution in [0.5, 0.6) is 0 Å². The summed E-state index contributed by atoms with van der Waals surface area (Å²) in [4.78, 5) is 1.22. The minimum atomic E-state index is 0.449. The van der Waals surface area contributed by atoms with Crippen LogP contribution in [0.15, 0.2) is 71.6 Å². The van der Waals surface area contributed by atoms with Crippen molar-refractivity contribution in [2.45, 2.75) is 44.0 Å². The maximum atomic E-state index is 6.04. The quantitative estimate of drug-likeness (QED) is 0.183. The summed E-state index contributed by atoms with van der Waals surface area (Å²) < 4.78 is 3.47. The van der Waals surface area contributed by atoms with Gasteiger partial charge in [0.25, 0.3) is 0 Å². The number of nitrogen functional groups attached to an aromatic ring is 1. The molecule has 0 amide bonds. The van der Waals surface area contributed by atoms with Crippen molar-refractivity contribution >= 4 is 23.3 Å². The minimum absolute atomic E-state index is 0.449. The molecular formula is C26H34N4S. The fraction of sp³-hybridized carbons (Fsp3) is 0.308. The van der Waals surface area contributed by atoms with Gasteiger partial charge in [0, 0.05) is 29.4 Å². The maximum Gasteiger partial charge on any atom is 0.0446 e. The number of hydrogen-bond donors (Lipinski definition) is 4. The summed E-state index contributed by atoms with van der Waals surface area (Å²) in [5, 5.41) is 3.60. The molecule has 1 atom stereocenters. The summed E-state index contributed by atoms with van der Waals surface area (Å²) in [7, 11) is 0. The molecule has 0 radical (unpaired) electrons. The van der Waals surface area contributed by atoms with Crippen LogP contribution >= 0.6 is 11.9 Å².